The van der Waals surface area contributed by atoms with Crippen LogP contribution in [0.3, 0.4) is 0 Å². The van der Waals surface area contributed by atoms with Gasteiger partial charge in [0.2, 0.25) is 5.91 Å². The van der Waals surface area contributed by atoms with Gasteiger partial charge >= 0.3 is 6.03 Å². The first-order chi connectivity index (χ1) is 10.6. The van der Waals surface area contributed by atoms with Gasteiger partial charge in [-0.05, 0) is 32.6 Å². The van der Waals surface area contributed by atoms with Crippen molar-refractivity contribution >= 4 is 11.9 Å². The molecule has 2 fully saturated rings. The van der Waals surface area contributed by atoms with Crippen LogP contribution >= 0.6 is 0 Å². The second-order valence-electron chi connectivity index (χ2n) is 6.87. The summed E-state index contributed by atoms with van der Waals surface area (Å²) < 4.78 is 0. The lowest BCUT2D eigenvalue weighted by atomic mass is 9.96. The number of imide groups is 1. The Hall–Kier alpha value is -1.10. The third-order valence-electron chi connectivity index (χ3n) is 4.91. The maximum atomic E-state index is 12.1. The van der Waals surface area contributed by atoms with E-state index >= 15 is 0 Å². The monoisotopic (exact) mass is 309 g/mol. The van der Waals surface area contributed by atoms with Gasteiger partial charge in [0.05, 0.1) is 6.04 Å². The van der Waals surface area contributed by atoms with Gasteiger partial charge in [0, 0.05) is 12.1 Å². The highest BCUT2D eigenvalue weighted by Crippen LogP contribution is 2.18. The molecular weight excluding hydrogens is 278 g/mol. The molecule has 3 amide bonds. The minimum absolute atomic E-state index is 0.224. The Labute approximate surface area is 134 Å². The number of hydrogen-bond acceptors (Lipinski definition) is 3. The summed E-state index contributed by atoms with van der Waals surface area (Å²) >= 11 is 0. The Kier molecular flexibility index (Phi) is 7.16. The third kappa shape index (κ3) is 5.95. The Morgan fingerprint density at radius 3 is 1.91 bits per heavy atom. The topological polar surface area (TPSA) is 70.2 Å². The van der Waals surface area contributed by atoms with Crippen LogP contribution in [0, 0.1) is 0 Å². The molecule has 22 heavy (non-hydrogen) atoms. The molecule has 0 aromatic rings. The summed E-state index contributed by atoms with van der Waals surface area (Å²) in [6.07, 6.45) is 12.9. The molecule has 0 saturated heterocycles. The van der Waals surface area contributed by atoms with Crippen molar-refractivity contribution in [3.05, 3.63) is 0 Å². The van der Waals surface area contributed by atoms with E-state index in [1.165, 1.54) is 44.9 Å². The summed E-state index contributed by atoms with van der Waals surface area (Å²) in [5.74, 6) is -0.224. The highest BCUT2D eigenvalue weighted by Gasteiger charge is 2.22. The molecule has 0 spiro atoms. The first kappa shape index (κ1) is 17.3. The Morgan fingerprint density at radius 2 is 1.32 bits per heavy atom. The highest BCUT2D eigenvalue weighted by molar-refractivity contribution is 5.96. The summed E-state index contributed by atoms with van der Waals surface area (Å²) in [5, 5.41) is 8.78. The smallest absolute Gasteiger partial charge is 0.321 e. The van der Waals surface area contributed by atoms with E-state index in [2.05, 4.69) is 16.0 Å². The molecule has 0 aromatic carbocycles. The lowest BCUT2D eigenvalue weighted by Gasteiger charge is -2.24. The molecule has 5 nitrogen and oxygen atoms in total. The zero-order chi connectivity index (χ0) is 15.8. The van der Waals surface area contributed by atoms with Gasteiger partial charge in [-0.25, -0.2) is 4.79 Å². The molecule has 2 rings (SSSR count). The maximum Gasteiger partial charge on any atom is 0.321 e. The van der Waals surface area contributed by atoms with Crippen LogP contribution < -0.4 is 16.0 Å². The first-order valence-electron chi connectivity index (χ1n) is 9.02. The van der Waals surface area contributed by atoms with E-state index in [1.807, 2.05) is 6.92 Å². The highest BCUT2D eigenvalue weighted by atomic mass is 16.2. The normalized spacial score (nSPS) is 22.6. The zero-order valence-corrected chi connectivity index (χ0v) is 13.8. The number of carbonyl (C=O) groups excluding carboxylic acids is 2. The van der Waals surface area contributed by atoms with E-state index in [9.17, 15) is 9.59 Å². The van der Waals surface area contributed by atoms with Crippen LogP contribution in [0.15, 0.2) is 0 Å². The van der Waals surface area contributed by atoms with Gasteiger partial charge in [-0.1, -0.05) is 44.9 Å². The molecule has 0 radical (unpaired) electrons. The van der Waals surface area contributed by atoms with Crippen LogP contribution in [-0.2, 0) is 4.79 Å². The largest absolute Gasteiger partial charge is 0.335 e. The van der Waals surface area contributed by atoms with Crippen LogP contribution in [0.2, 0.25) is 0 Å². The predicted octanol–water partition coefficient (Wildman–Crippen LogP) is 2.85. The van der Waals surface area contributed by atoms with Crippen molar-refractivity contribution in [2.45, 2.75) is 95.7 Å². The molecule has 0 aromatic heterocycles. The second-order valence-corrected chi connectivity index (χ2v) is 6.87. The quantitative estimate of drug-likeness (QED) is 0.699. The number of amides is 3. The van der Waals surface area contributed by atoms with E-state index in [-0.39, 0.29) is 24.0 Å². The SMILES string of the molecule is C[C@@H](NC1CCCCCC1)C(=O)NC(=O)NC1CCCCC1. The fourth-order valence-corrected chi connectivity index (χ4v) is 3.56. The molecule has 2 aliphatic carbocycles. The van der Waals surface area contributed by atoms with Gasteiger partial charge in [-0.3, -0.25) is 10.1 Å². The third-order valence-corrected chi connectivity index (χ3v) is 4.91. The van der Waals surface area contributed by atoms with Gasteiger partial charge < -0.3 is 10.6 Å². The van der Waals surface area contributed by atoms with Crippen molar-refractivity contribution in [1.82, 2.24) is 16.0 Å². The van der Waals surface area contributed by atoms with Gasteiger partial charge in [-0.15, -0.1) is 0 Å². The molecule has 2 aliphatic rings. The van der Waals surface area contributed by atoms with Gasteiger partial charge in [-0.2, -0.15) is 0 Å². The standard InChI is InChI=1S/C17H31N3O2/c1-13(18-14-9-5-2-3-6-10-14)16(21)20-17(22)19-15-11-7-4-8-12-15/h13-15,18H,2-12H2,1H3,(H2,19,20,21,22)/t13-/m1/s1. The summed E-state index contributed by atoms with van der Waals surface area (Å²) in [4.78, 5) is 24.0. The number of rotatable bonds is 4. The van der Waals surface area contributed by atoms with Gasteiger partial charge in [0.1, 0.15) is 0 Å². The Balaban J connectivity index is 1.69. The molecule has 1 atom stereocenters. The van der Waals surface area contributed by atoms with Crippen molar-refractivity contribution in [2.75, 3.05) is 0 Å². The number of carbonyl (C=O) groups is 2. The van der Waals surface area contributed by atoms with Crippen LogP contribution in [0.5, 0.6) is 0 Å². The van der Waals surface area contributed by atoms with Crippen molar-refractivity contribution in [3.8, 4) is 0 Å². The minimum Gasteiger partial charge on any atom is -0.335 e. The molecule has 5 heteroatoms. The fourth-order valence-electron chi connectivity index (χ4n) is 3.56. The predicted molar refractivity (Wildman–Crippen MR) is 87.6 cm³/mol. The molecule has 0 heterocycles. The summed E-state index contributed by atoms with van der Waals surface area (Å²) in [6, 6.07) is -0.0250. The van der Waals surface area contributed by atoms with Crippen molar-refractivity contribution in [1.29, 1.82) is 0 Å². The average Bonchev–Trinajstić information content (AvgIpc) is 2.76. The second kappa shape index (κ2) is 9.13. The average molecular weight is 309 g/mol. The van der Waals surface area contributed by atoms with E-state index in [0.29, 0.717) is 6.04 Å². The first-order valence-corrected chi connectivity index (χ1v) is 9.02. The molecule has 0 unspecified atom stereocenters. The lowest BCUT2D eigenvalue weighted by molar-refractivity contribution is -0.121. The van der Waals surface area contributed by atoms with E-state index in [4.69, 9.17) is 0 Å². The van der Waals surface area contributed by atoms with Crippen molar-refractivity contribution in [3.63, 3.8) is 0 Å². The van der Waals surface area contributed by atoms with Gasteiger partial charge in [0.15, 0.2) is 0 Å². The Bertz CT molecular complexity index is 359. The Morgan fingerprint density at radius 1 is 0.818 bits per heavy atom. The summed E-state index contributed by atoms with van der Waals surface area (Å²) in [7, 11) is 0. The molecule has 0 aliphatic heterocycles. The number of nitrogens with one attached hydrogen (secondary N) is 3. The van der Waals surface area contributed by atoms with E-state index in [0.717, 1.165) is 25.7 Å². The van der Waals surface area contributed by atoms with Crippen LogP contribution in [0.1, 0.15) is 77.6 Å². The molecule has 126 valence electrons. The van der Waals surface area contributed by atoms with Crippen LogP contribution in [0.25, 0.3) is 0 Å². The number of hydrogen-bond donors (Lipinski definition) is 3. The van der Waals surface area contributed by atoms with Crippen LogP contribution in [-0.4, -0.2) is 30.1 Å². The van der Waals surface area contributed by atoms with E-state index in [1.54, 1.807) is 0 Å². The molecule has 0 bridgehead atoms. The zero-order valence-electron chi connectivity index (χ0n) is 13.8. The van der Waals surface area contributed by atoms with Gasteiger partial charge in [0.25, 0.3) is 0 Å². The fraction of sp³-hybridized carbons (Fsp3) is 0.882. The molecular formula is C17H31N3O2. The molecule has 2 saturated carbocycles. The molecule has 3 N–H and O–H groups in total. The summed E-state index contributed by atoms with van der Waals surface area (Å²) in [6.45, 7) is 1.84. The number of urea groups is 1. The van der Waals surface area contributed by atoms with Crippen molar-refractivity contribution in [2.24, 2.45) is 0 Å². The lowest BCUT2D eigenvalue weighted by Crippen LogP contribution is -2.52. The maximum absolute atomic E-state index is 12.1. The van der Waals surface area contributed by atoms with Crippen molar-refractivity contribution < 1.29 is 9.59 Å². The van der Waals surface area contributed by atoms with E-state index < -0.39 is 0 Å². The van der Waals surface area contributed by atoms with Crippen LogP contribution in [0.4, 0.5) is 4.79 Å². The summed E-state index contributed by atoms with van der Waals surface area (Å²) in [5.41, 5.74) is 0. The minimum atomic E-state index is -0.341.